The first kappa shape index (κ1) is 18.5. The Balaban J connectivity index is 1.75. The molecule has 0 N–H and O–H groups in total. The summed E-state index contributed by atoms with van der Waals surface area (Å²) in [5.74, 6) is 0.441. The number of rotatable bonds is 6. The minimum Gasteiger partial charge on any atom is -0.334 e. The lowest BCUT2D eigenvalue weighted by Crippen LogP contribution is -2.48. The van der Waals surface area contributed by atoms with Gasteiger partial charge in [-0.15, -0.1) is 10.2 Å². The van der Waals surface area contributed by atoms with E-state index < -0.39 is 9.84 Å². The maximum atomic E-state index is 12.9. The van der Waals surface area contributed by atoms with Gasteiger partial charge in [-0.1, -0.05) is 37.3 Å². The van der Waals surface area contributed by atoms with Crippen LogP contribution < -0.4 is 0 Å². The van der Waals surface area contributed by atoms with Crippen LogP contribution >= 0.6 is 0 Å². The number of hydrogen-bond donors (Lipinski definition) is 0. The molecule has 2 heterocycles. The molecule has 1 aliphatic heterocycles. The Morgan fingerprint density at radius 2 is 2.08 bits per heavy atom. The molecule has 0 saturated carbocycles. The molecule has 0 radical (unpaired) electrons. The van der Waals surface area contributed by atoms with Crippen molar-refractivity contribution in [1.82, 2.24) is 25.1 Å². The van der Waals surface area contributed by atoms with Crippen molar-refractivity contribution in [2.45, 2.75) is 45.3 Å². The van der Waals surface area contributed by atoms with Crippen LogP contribution in [-0.2, 0) is 21.2 Å². The Labute approximate surface area is 153 Å². The van der Waals surface area contributed by atoms with Gasteiger partial charge in [-0.25, -0.2) is 8.42 Å². The van der Waals surface area contributed by atoms with E-state index in [1.54, 1.807) is 4.90 Å². The number of carbonyl (C=O) groups is 1. The fourth-order valence-corrected chi connectivity index (χ4v) is 4.93. The Morgan fingerprint density at radius 3 is 2.69 bits per heavy atom. The van der Waals surface area contributed by atoms with E-state index in [4.69, 9.17) is 0 Å². The molecule has 0 unspecified atom stereocenters. The van der Waals surface area contributed by atoms with Crippen LogP contribution in [0.5, 0.6) is 0 Å². The zero-order chi connectivity index (χ0) is 18.7. The van der Waals surface area contributed by atoms with Gasteiger partial charge in [0.05, 0.1) is 11.5 Å². The van der Waals surface area contributed by atoms with Crippen molar-refractivity contribution in [3.8, 4) is 11.4 Å². The van der Waals surface area contributed by atoms with E-state index >= 15 is 0 Å². The molecule has 26 heavy (non-hydrogen) atoms. The molecule has 1 amide bonds. The van der Waals surface area contributed by atoms with E-state index in [9.17, 15) is 13.2 Å². The van der Waals surface area contributed by atoms with Crippen LogP contribution in [0.1, 0.15) is 26.7 Å². The Morgan fingerprint density at radius 1 is 1.35 bits per heavy atom. The van der Waals surface area contributed by atoms with Gasteiger partial charge in [-0.3, -0.25) is 4.79 Å². The SMILES string of the molecule is CC[C@@H](C)N(C(=O)Cn1nnc(-c2ccccc2)n1)[C@H]1CCS(=O)(=O)C1. The Bertz CT molecular complexity index is 866. The number of hydrogen-bond acceptors (Lipinski definition) is 6. The van der Waals surface area contributed by atoms with Gasteiger partial charge in [0.2, 0.25) is 11.7 Å². The summed E-state index contributed by atoms with van der Waals surface area (Å²) in [6.45, 7) is 3.86. The highest BCUT2D eigenvalue weighted by Crippen LogP contribution is 2.22. The molecule has 9 heteroatoms. The molecule has 1 saturated heterocycles. The molecular formula is C17H23N5O3S. The summed E-state index contributed by atoms with van der Waals surface area (Å²) in [5.41, 5.74) is 0.826. The monoisotopic (exact) mass is 377 g/mol. The zero-order valence-electron chi connectivity index (χ0n) is 14.9. The largest absolute Gasteiger partial charge is 0.334 e. The Kier molecular flexibility index (Phi) is 5.36. The van der Waals surface area contributed by atoms with Gasteiger partial charge in [-0.2, -0.15) is 4.80 Å². The van der Waals surface area contributed by atoms with Gasteiger partial charge in [0.25, 0.3) is 0 Å². The summed E-state index contributed by atoms with van der Waals surface area (Å²) in [4.78, 5) is 15.8. The number of nitrogens with zero attached hydrogens (tertiary/aromatic N) is 5. The van der Waals surface area contributed by atoms with Crippen molar-refractivity contribution in [3.63, 3.8) is 0 Å². The molecule has 0 aliphatic carbocycles. The molecule has 140 valence electrons. The first-order valence-electron chi connectivity index (χ1n) is 8.74. The predicted octanol–water partition coefficient (Wildman–Crippen LogP) is 1.15. The normalized spacial score (nSPS) is 20.0. The number of sulfone groups is 1. The summed E-state index contributed by atoms with van der Waals surface area (Å²) in [6, 6.07) is 9.09. The second-order valence-corrected chi connectivity index (χ2v) is 8.85. The zero-order valence-corrected chi connectivity index (χ0v) is 15.8. The minimum atomic E-state index is -3.06. The van der Waals surface area contributed by atoms with Crippen molar-refractivity contribution in [2.24, 2.45) is 0 Å². The van der Waals surface area contributed by atoms with Crippen LogP contribution in [0.4, 0.5) is 0 Å². The highest BCUT2D eigenvalue weighted by Gasteiger charge is 2.36. The first-order valence-corrected chi connectivity index (χ1v) is 10.6. The third-order valence-electron chi connectivity index (χ3n) is 4.72. The van der Waals surface area contributed by atoms with E-state index in [0.29, 0.717) is 12.2 Å². The van der Waals surface area contributed by atoms with E-state index in [-0.39, 0.29) is 36.0 Å². The summed E-state index contributed by atoms with van der Waals surface area (Å²) >= 11 is 0. The predicted molar refractivity (Wildman–Crippen MR) is 96.9 cm³/mol. The van der Waals surface area contributed by atoms with Gasteiger partial charge in [-0.05, 0) is 25.0 Å². The topological polar surface area (TPSA) is 98.1 Å². The van der Waals surface area contributed by atoms with Gasteiger partial charge >= 0.3 is 0 Å². The van der Waals surface area contributed by atoms with Crippen molar-refractivity contribution < 1.29 is 13.2 Å². The lowest BCUT2D eigenvalue weighted by molar-refractivity contribution is -0.136. The van der Waals surface area contributed by atoms with Crippen molar-refractivity contribution >= 4 is 15.7 Å². The number of tetrazole rings is 1. The van der Waals surface area contributed by atoms with Crippen molar-refractivity contribution in [3.05, 3.63) is 30.3 Å². The highest BCUT2D eigenvalue weighted by atomic mass is 32.2. The molecule has 1 fully saturated rings. The van der Waals surface area contributed by atoms with Gasteiger partial charge in [0, 0.05) is 17.6 Å². The molecule has 2 atom stereocenters. The van der Waals surface area contributed by atoms with Crippen LogP contribution in [-0.4, -0.2) is 63.0 Å². The molecule has 8 nitrogen and oxygen atoms in total. The van der Waals surface area contributed by atoms with E-state index in [1.165, 1.54) is 4.80 Å². The standard InChI is InChI=1S/C17H23N5O3S/c1-3-13(2)22(15-9-10-26(24,25)12-15)16(23)11-21-19-17(18-20-21)14-7-5-4-6-8-14/h4-8,13,15H,3,9-12H2,1-2H3/t13-,15+/m1/s1. The van der Waals surface area contributed by atoms with E-state index in [1.807, 2.05) is 44.2 Å². The van der Waals surface area contributed by atoms with Gasteiger partial charge in [0.15, 0.2) is 9.84 Å². The lowest BCUT2D eigenvalue weighted by Gasteiger charge is -2.33. The highest BCUT2D eigenvalue weighted by molar-refractivity contribution is 7.91. The minimum absolute atomic E-state index is 0.0309. The molecule has 2 aromatic rings. The maximum Gasteiger partial charge on any atom is 0.246 e. The average Bonchev–Trinajstić information content (AvgIpc) is 3.22. The van der Waals surface area contributed by atoms with E-state index in [0.717, 1.165) is 12.0 Å². The molecular weight excluding hydrogens is 354 g/mol. The van der Waals surface area contributed by atoms with Crippen molar-refractivity contribution in [1.29, 1.82) is 0 Å². The maximum absolute atomic E-state index is 12.9. The Hall–Kier alpha value is -2.29. The summed E-state index contributed by atoms with van der Waals surface area (Å²) in [7, 11) is -3.06. The van der Waals surface area contributed by atoms with Crippen LogP contribution in [0.15, 0.2) is 30.3 Å². The molecule has 1 aliphatic rings. The molecule has 0 bridgehead atoms. The number of carbonyl (C=O) groups excluding carboxylic acids is 1. The average molecular weight is 377 g/mol. The van der Waals surface area contributed by atoms with Crippen LogP contribution in [0.3, 0.4) is 0 Å². The van der Waals surface area contributed by atoms with Crippen LogP contribution in [0.2, 0.25) is 0 Å². The van der Waals surface area contributed by atoms with Gasteiger partial charge < -0.3 is 4.90 Å². The second kappa shape index (κ2) is 7.53. The van der Waals surface area contributed by atoms with Crippen LogP contribution in [0, 0.1) is 0 Å². The lowest BCUT2D eigenvalue weighted by atomic mass is 10.1. The number of amides is 1. The quantitative estimate of drug-likeness (QED) is 0.749. The third kappa shape index (κ3) is 4.09. The van der Waals surface area contributed by atoms with Crippen LogP contribution in [0.25, 0.3) is 11.4 Å². The van der Waals surface area contributed by atoms with Gasteiger partial charge in [0.1, 0.15) is 6.54 Å². The van der Waals surface area contributed by atoms with Crippen molar-refractivity contribution in [2.75, 3.05) is 11.5 Å². The summed E-state index contributed by atoms with van der Waals surface area (Å²) < 4.78 is 23.6. The summed E-state index contributed by atoms with van der Waals surface area (Å²) in [5, 5.41) is 12.2. The fourth-order valence-electron chi connectivity index (χ4n) is 3.22. The third-order valence-corrected chi connectivity index (χ3v) is 6.47. The summed E-state index contributed by atoms with van der Waals surface area (Å²) in [6.07, 6.45) is 1.24. The molecule has 3 rings (SSSR count). The van der Waals surface area contributed by atoms with E-state index in [2.05, 4.69) is 15.4 Å². The number of benzene rings is 1. The smallest absolute Gasteiger partial charge is 0.246 e. The molecule has 0 spiro atoms. The first-order chi connectivity index (χ1) is 12.4. The second-order valence-electron chi connectivity index (χ2n) is 6.62. The fraction of sp³-hybridized carbons (Fsp3) is 0.529. The molecule has 1 aromatic heterocycles. The number of aromatic nitrogens is 4. The molecule has 1 aromatic carbocycles.